The highest BCUT2D eigenvalue weighted by Gasteiger charge is 2.13. The smallest absolute Gasteiger partial charge is 0.229 e. The fourth-order valence-electron chi connectivity index (χ4n) is 3.27. The van der Waals surface area contributed by atoms with Crippen molar-refractivity contribution in [3.8, 4) is 11.4 Å². The van der Waals surface area contributed by atoms with Crippen LogP contribution in [-0.2, 0) is 0 Å². The van der Waals surface area contributed by atoms with Gasteiger partial charge in [-0.15, -0.1) is 0 Å². The van der Waals surface area contributed by atoms with Crippen molar-refractivity contribution < 1.29 is 8.83 Å². The van der Waals surface area contributed by atoms with Crippen molar-refractivity contribution in [2.45, 2.75) is 0 Å². The van der Waals surface area contributed by atoms with E-state index in [1.807, 2.05) is 42.5 Å². The summed E-state index contributed by atoms with van der Waals surface area (Å²) in [6.45, 7) is 0. The maximum Gasteiger partial charge on any atom is 0.229 e. The van der Waals surface area contributed by atoms with Crippen molar-refractivity contribution in [3.63, 3.8) is 0 Å². The van der Waals surface area contributed by atoms with Gasteiger partial charge in [0.25, 0.3) is 0 Å². The maximum absolute atomic E-state index is 5.84. The second-order valence-electron chi connectivity index (χ2n) is 6.03. The van der Waals surface area contributed by atoms with E-state index in [2.05, 4.69) is 19.9 Å². The number of furan rings is 2. The summed E-state index contributed by atoms with van der Waals surface area (Å²) in [6, 6.07) is 13.3. The topological polar surface area (TPSA) is 77.8 Å². The summed E-state index contributed by atoms with van der Waals surface area (Å²) in [7, 11) is 0. The van der Waals surface area contributed by atoms with E-state index in [1.165, 1.54) is 0 Å². The summed E-state index contributed by atoms with van der Waals surface area (Å²) in [5.74, 6) is 0. The van der Waals surface area contributed by atoms with Crippen LogP contribution in [0.5, 0.6) is 0 Å². The quantitative estimate of drug-likeness (QED) is 0.431. The van der Waals surface area contributed by atoms with Crippen LogP contribution < -0.4 is 0 Å². The van der Waals surface area contributed by atoms with Crippen LogP contribution in [0.3, 0.4) is 0 Å². The number of rotatable bonds is 1. The number of fused-ring (bicyclic) bond motifs is 6. The molecule has 0 spiro atoms. The maximum atomic E-state index is 5.84. The highest BCUT2D eigenvalue weighted by Crippen LogP contribution is 2.31. The Balaban J connectivity index is 1.57. The zero-order valence-electron chi connectivity index (χ0n) is 13.4. The van der Waals surface area contributed by atoms with E-state index in [9.17, 15) is 0 Å². The minimum Gasteiger partial charge on any atom is -0.438 e. The molecular formula is C20H10N4O2. The standard InChI is InChI=1S/C20H10N4O2/c1-3-11-13-10-23-15(9-17(13)26-19(11)22-8-1)14-6-5-12-18-16(4-2-7-21-18)25-20(12)24-14/h1-10H. The third kappa shape index (κ3) is 1.81. The van der Waals surface area contributed by atoms with Gasteiger partial charge in [-0.05, 0) is 36.4 Å². The van der Waals surface area contributed by atoms with Gasteiger partial charge in [0, 0.05) is 35.4 Å². The average Bonchev–Trinajstić information content (AvgIpc) is 3.24. The first-order chi connectivity index (χ1) is 12.9. The summed E-state index contributed by atoms with van der Waals surface area (Å²) in [5.41, 5.74) is 4.85. The Morgan fingerprint density at radius 3 is 2.54 bits per heavy atom. The van der Waals surface area contributed by atoms with Gasteiger partial charge in [-0.3, -0.25) is 9.97 Å². The van der Waals surface area contributed by atoms with Gasteiger partial charge in [0.2, 0.25) is 11.4 Å². The van der Waals surface area contributed by atoms with Gasteiger partial charge in [0.15, 0.2) is 5.58 Å². The number of aromatic nitrogens is 4. The fraction of sp³-hybridized carbons (Fsp3) is 0. The van der Waals surface area contributed by atoms with E-state index in [0.717, 1.165) is 32.8 Å². The average molecular weight is 338 g/mol. The minimum absolute atomic E-state index is 0.546. The van der Waals surface area contributed by atoms with Crippen LogP contribution in [0.1, 0.15) is 0 Å². The Hall–Kier alpha value is -3.80. The third-order valence-corrected chi connectivity index (χ3v) is 4.49. The monoisotopic (exact) mass is 338 g/mol. The van der Waals surface area contributed by atoms with Crippen molar-refractivity contribution in [3.05, 3.63) is 61.1 Å². The summed E-state index contributed by atoms with van der Waals surface area (Å²) in [5, 5.41) is 2.78. The Morgan fingerprint density at radius 2 is 1.54 bits per heavy atom. The van der Waals surface area contributed by atoms with Crippen LogP contribution in [0.25, 0.3) is 55.7 Å². The third-order valence-electron chi connectivity index (χ3n) is 4.49. The number of pyridine rings is 4. The molecule has 122 valence electrons. The molecule has 0 aliphatic rings. The summed E-state index contributed by atoms with van der Waals surface area (Å²) >= 11 is 0. The lowest BCUT2D eigenvalue weighted by Gasteiger charge is -1.99. The summed E-state index contributed by atoms with van der Waals surface area (Å²) < 4.78 is 11.7. The molecule has 0 fully saturated rings. The molecule has 6 rings (SSSR count). The van der Waals surface area contributed by atoms with Crippen LogP contribution in [0.4, 0.5) is 0 Å². The molecule has 0 aliphatic carbocycles. The minimum atomic E-state index is 0.546. The summed E-state index contributed by atoms with van der Waals surface area (Å²) in [4.78, 5) is 17.8. The molecular weight excluding hydrogens is 328 g/mol. The van der Waals surface area contributed by atoms with Crippen LogP contribution in [-0.4, -0.2) is 19.9 Å². The normalized spacial score (nSPS) is 11.8. The zero-order chi connectivity index (χ0) is 17.1. The Bertz CT molecular complexity index is 1340. The van der Waals surface area contributed by atoms with Crippen LogP contribution in [0, 0.1) is 0 Å². The molecule has 0 bridgehead atoms. The molecule has 6 heteroatoms. The van der Waals surface area contributed by atoms with E-state index < -0.39 is 0 Å². The molecule has 6 aromatic heterocycles. The summed E-state index contributed by atoms with van der Waals surface area (Å²) in [6.07, 6.45) is 5.25. The van der Waals surface area contributed by atoms with Gasteiger partial charge < -0.3 is 8.83 Å². The van der Waals surface area contributed by atoms with E-state index in [0.29, 0.717) is 22.8 Å². The van der Waals surface area contributed by atoms with Gasteiger partial charge in [0.05, 0.1) is 16.8 Å². The molecule has 0 saturated heterocycles. The van der Waals surface area contributed by atoms with Gasteiger partial charge in [0.1, 0.15) is 11.1 Å². The molecule has 0 atom stereocenters. The van der Waals surface area contributed by atoms with Gasteiger partial charge >= 0.3 is 0 Å². The van der Waals surface area contributed by atoms with Gasteiger partial charge in [-0.25, -0.2) is 9.97 Å². The predicted molar refractivity (Wildman–Crippen MR) is 97.6 cm³/mol. The predicted octanol–water partition coefficient (Wildman–Crippen LogP) is 4.73. The van der Waals surface area contributed by atoms with E-state index in [-0.39, 0.29) is 0 Å². The van der Waals surface area contributed by atoms with Crippen LogP contribution in [0.15, 0.2) is 69.9 Å². The van der Waals surface area contributed by atoms with E-state index in [4.69, 9.17) is 8.83 Å². The van der Waals surface area contributed by atoms with E-state index in [1.54, 1.807) is 18.6 Å². The van der Waals surface area contributed by atoms with Crippen LogP contribution in [0.2, 0.25) is 0 Å². The highest BCUT2D eigenvalue weighted by molar-refractivity contribution is 6.04. The molecule has 6 aromatic rings. The second-order valence-corrected chi connectivity index (χ2v) is 6.03. The van der Waals surface area contributed by atoms with Crippen molar-refractivity contribution in [1.29, 1.82) is 0 Å². The fourth-order valence-corrected chi connectivity index (χ4v) is 3.27. The first kappa shape index (κ1) is 13.5. The van der Waals surface area contributed by atoms with E-state index >= 15 is 0 Å². The van der Waals surface area contributed by atoms with Crippen molar-refractivity contribution >= 4 is 44.3 Å². The molecule has 0 radical (unpaired) electrons. The molecule has 0 saturated carbocycles. The Kier molecular flexibility index (Phi) is 2.52. The molecule has 6 nitrogen and oxygen atoms in total. The van der Waals surface area contributed by atoms with Crippen molar-refractivity contribution in [2.75, 3.05) is 0 Å². The largest absolute Gasteiger partial charge is 0.438 e. The Morgan fingerprint density at radius 1 is 0.654 bits per heavy atom. The SMILES string of the molecule is c1cnc2c(c1)oc1nc(-c3cc4oc5ncccc5c4cn3)ccc12. The first-order valence-electron chi connectivity index (χ1n) is 8.15. The lowest BCUT2D eigenvalue weighted by Crippen LogP contribution is -1.87. The van der Waals surface area contributed by atoms with Gasteiger partial charge in [-0.2, -0.15) is 0 Å². The van der Waals surface area contributed by atoms with Crippen LogP contribution >= 0.6 is 0 Å². The van der Waals surface area contributed by atoms with Crippen molar-refractivity contribution in [1.82, 2.24) is 19.9 Å². The second kappa shape index (κ2) is 4.86. The highest BCUT2D eigenvalue weighted by atomic mass is 16.3. The Labute approximate surface area is 146 Å². The first-order valence-corrected chi connectivity index (χ1v) is 8.15. The van der Waals surface area contributed by atoms with Gasteiger partial charge in [-0.1, -0.05) is 0 Å². The molecule has 6 heterocycles. The molecule has 0 N–H and O–H groups in total. The number of hydrogen-bond acceptors (Lipinski definition) is 6. The number of hydrogen-bond donors (Lipinski definition) is 0. The lowest BCUT2D eigenvalue weighted by molar-refractivity contribution is 0.652. The molecule has 0 aromatic carbocycles. The molecule has 0 aliphatic heterocycles. The molecule has 26 heavy (non-hydrogen) atoms. The molecule has 0 amide bonds. The lowest BCUT2D eigenvalue weighted by atomic mass is 10.2. The molecule has 0 unspecified atom stereocenters. The number of nitrogens with zero attached hydrogens (tertiary/aromatic N) is 4. The zero-order valence-corrected chi connectivity index (χ0v) is 13.4. The van der Waals surface area contributed by atoms with Crippen molar-refractivity contribution in [2.24, 2.45) is 0 Å².